The predicted octanol–water partition coefficient (Wildman–Crippen LogP) is 1.91. The van der Waals surface area contributed by atoms with Crippen LogP contribution in [0, 0.1) is 0 Å². The van der Waals surface area contributed by atoms with E-state index in [1.54, 1.807) is 13.1 Å². The van der Waals surface area contributed by atoms with E-state index in [0.29, 0.717) is 0 Å². The predicted molar refractivity (Wildman–Crippen MR) is 61.4 cm³/mol. The normalized spacial score (nSPS) is 12.9. The zero-order valence-electron chi connectivity index (χ0n) is 8.12. The number of H-pyrrole nitrogens is 1. The number of hydrogen-bond acceptors (Lipinski definition) is 2. The van der Waals surface area contributed by atoms with Crippen LogP contribution in [-0.4, -0.2) is 15.9 Å². The second-order valence-electron chi connectivity index (χ2n) is 3.40. The Hall–Kier alpha value is -1.36. The van der Waals surface area contributed by atoms with Crippen molar-refractivity contribution in [3.8, 4) is 0 Å². The summed E-state index contributed by atoms with van der Waals surface area (Å²) in [7, 11) is 0. The Morgan fingerprint density at radius 1 is 1.67 bits per heavy atom. The molecule has 0 aliphatic carbocycles. The van der Waals surface area contributed by atoms with Crippen LogP contribution in [0.1, 0.15) is 18.5 Å². The van der Waals surface area contributed by atoms with Crippen LogP contribution in [-0.2, 0) is 4.79 Å². The van der Waals surface area contributed by atoms with Crippen LogP contribution in [0.2, 0.25) is 0 Å². The summed E-state index contributed by atoms with van der Waals surface area (Å²) in [6, 6.07) is 3.75. The van der Waals surface area contributed by atoms with E-state index in [-0.39, 0.29) is 11.8 Å². The number of rotatable bonds is 2. The molecule has 0 aliphatic rings. The van der Waals surface area contributed by atoms with E-state index in [1.165, 1.54) is 0 Å². The van der Waals surface area contributed by atoms with Crippen molar-refractivity contribution >= 4 is 32.9 Å². The number of hydrogen-bond donors (Lipinski definition) is 2. The molecule has 0 fully saturated rings. The standard InChI is InChI=1S/C10H10BrN3O/c1-5(9(12)15)8-4-6-7(11)2-3-13-10(6)14-8/h2-5H,1H3,(H2,12,15)(H,13,14). The van der Waals surface area contributed by atoms with Gasteiger partial charge < -0.3 is 10.7 Å². The van der Waals surface area contributed by atoms with Crippen molar-refractivity contribution < 1.29 is 4.79 Å². The Morgan fingerprint density at radius 2 is 2.40 bits per heavy atom. The Morgan fingerprint density at radius 3 is 3.00 bits per heavy atom. The first-order chi connectivity index (χ1) is 7.09. The van der Waals surface area contributed by atoms with E-state index in [0.717, 1.165) is 21.2 Å². The number of pyridine rings is 1. The van der Waals surface area contributed by atoms with Gasteiger partial charge in [-0.3, -0.25) is 4.79 Å². The third-order valence-electron chi connectivity index (χ3n) is 2.39. The lowest BCUT2D eigenvalue weighted by molar-refractivity contribution is -0.119. The zero-order valence-corrected chi connectivity index (χ0v) is 9.71. The van der Waals surface area contributed by atoms with Gasteiger partial charge in [0, 0.05) is 21.7 Å². The van der Waals surface area contributed by atoms with Crippen LogP contribution >= 0.6 is 15.9 Å². The molecule has 5 heteroatoms. The lowest BCUT2D eigenvalue weighted by atomic mass is 10.1. The number of carbonyl (C=O) groups is 1. The van der Waals surface area contributed by atoms with Gasteiger partial charge in [0.1, 0.15) is 5.65 Å². The van der Waals surface area contributed by atoms with Crippen LogP contribution in [0.3, 0.4) is 0 Å². The molecular weight excluding hydrogens is 258 g/mol. The van der Waals surface area contributed by atoms with E-state index in [1.807, 2.05) is 12.1 Å². The molecule has 78 valence electrons. The maximum Gasteiger partial charge on any atom is 0.226 e. The van der Waals surface area contributed by atoms with Gasteiger partial charge in [-0.15, -0.1) is 0 Å². The monoisotopic (exact) mass is 267 g/mol. The summed E-state index contributed by atoms with van der Waals surface area (Å²) in [6.07, 6.45) is 1.70. The smallest absolute Gasteiger partial charge is 0.226 e. The van der Waals surface area contributed by atoms with E-state index in [2.05, 4.69) is 25.9 Å². The summed E-state index contributed by atoms with van der Waals surface area (Å²) in [5.41, 5.74) is 6.78. The molecule has 2 heterocycles. The Kier molecular flexibility index (Phi) is 2.48. The number of aromatic amines is 1. The van der Waals surface area contributed by atoms with Crippen molar-refractivity contribution in [1.29, 1.82) is 0 Å². The summed E-state index contributed by atoms with van der Waals surface area (Å²) >= 11 is 3.42. The van der Waals surface area contributed by atoms with Crippen molar-refractivity contribution in [3.05, 3.63) is 28.5 Å². The fraction of sp³-hybridized carbons (Fsp3) is 0.200. The van der Waals surface area contributed by atoms with Crippen LogP contribution < -0.4 is 5.73 Å². The molecule has 2 rings (SSSR count). The number of carbonyl (C=O) groups excluding carboxylic acids is 1. The lowest BCUT2D eigenvalue weighted by Crippen LogP contribution is -2.18. The molecule has 0 bridgehead atoms. The average molecular weight is 268 g/mol. The van der Waals surface area contributed by atoms with Gasteiger partial charge in [-0.1, -0.05) is 0 Å². The van der Waals surface area contributed by atoms with Crippen LogP contribution in [0.25, 0.3) is 11.0 Å². The second-order valence-corrected chi connectivity index (χ2v) is 4.26. The molecule has 2 aromatic rings. The molecule has 15 heavy (non-hydrogen) atoms. The minimum Gasteiger partial charge on any atom is -0.369 e. The van der Waals surface area contributed by atoms with Gasteiger partial charge in [0.25, 0.3) is 0 Å². The van der Waals surface area contributed by atoms with E-state index in [9.17, 15) is 4.79 Å². The number of nitrogens with one attached hydrogen (secondary N) is 1. The van der Waals surface area contributed by atoms with E-state index in [4.69, 9.17) is 5.73 Å². The Balaban J connectivity index is 2.56. The Bertz CT molecular complexity index is 520. The van der Waals surface area contributed by atoms with Gasteiger partial charge in [0.2, 0.25) is 5.91 Å². The summed E-state index contributed by atoms with van der Waals surface area (Å²) in [4.78, 5) is 18.3. The van der Waals surface area contributed by atoms with Crippen molar-refractivity contribution in [2.24, 2.45) is 5.73 Å². The highest BCUT2D eigenvalue weighted by molar-refractivity contribution is 9.10. The Labute approximate surface area is 95.0 Å². The van der Waals surface area contributed by atoms with Crippen molar-refractivity contribution in [3.63, 3.8) is 0 Å². The molecule has 0 spiro atoms. The first-order valence-electron chi connectivity index (χ1n) is 4.52. The number of aromatic nitrogens is 2. The molecular formula is C10H10BrN3O. The fourth-order valence-electron chi connectivity index (χ4n) is 1.40. The molecule has 3 N–H and O–H groups in total. The van der Waals surface area contributed by atoms with Crippen LogP contribution in [0.4, 0.5) is 0 Å². The quantitative estimate of drug-likeness (QED) is 0.873. The first kappa shape index (κ1) is 10.2. The highest BCUT2D eigenvalue weighted by Crippen LogP contribution is 2.25. The third kappa shape index (κ3) is 1.74. The molecule has 0 saturated carbocycles. The van der Waals surface area contributed by atoms with Gasteiger partial charge in [-0.25, -0.2) is 4.98 Å². The van der Waals surface area contributed by atoms with Crippen molar-refractivity contribution in [2.45, 2.75) is 12.8 Å². The number of nitrogens with zero attached hydrogens (tertiary/aromatic N) is 1. The molecule has 1 unspecified atom stereocenters. The van der Waals surface area contributed by atoms with Gasteiger partial charge in [-0.2, -0.15) is 0 Å². The molecule has 0 radical (unpaired) electrons. The number of fused-ring (bicyclic) bond motifs is 1. The molecule has 0 aliphatic heterocycles. The van der Waals surface area contributed by atoms with E-state index >= 15 is 0 Å². The minimum absolute atomic E-state index is 0.328. The largest absolute Gasteiger partial charge is 0.369 e. The summed E-state index contributed by atoms with van der Waals surface area (Å²) in [6.45, 7) is 1.76. The zero-order chi connectivity index (χ0) is 11.0. The van der Waals surface area contributed by atoms with Gasteiger partial charge in [0.05, 0.1) is 5.92 Å². The summed E-state index contributed by atoms with van der Waals surface area (Å²) < 4.78 is 0.951. The highest BCUT2D eigenvalue weighted by atomic mass is 79.9. The van der Waals surface area contributed by atoms with Gasteiger partial charge in [-0.05, 0) is 35.0 Å². The molecule has 2 aromatic heterocycles. The molecule has 0 aromatic carbocycles. The van der Waals surface area contributed by atoms with Crippen LogP contribution in [0.15, 0.2) is 22.8 Å². The van der Waals surface area contributed by atoms with Crippen LogP contribution in [0.5, 0.6) is 0 Å². The molecule has 4 nitrogen and oxygen atoms in total. The van der Waals surface area contributed by atoms with Gasteiger partial charge in [0.15, 0.2) is 0 Å². The first-order valence-corrected chi connectivity index (χ1v) is 5.31. The van der Waals surface area contributed by atoms with Crippen molar-refractivity contribution in [1.82, 2.24) is 9.97 Å². The second kappa shape index (κ2) is 3.66. The topological polar surface area (TPSA) is 71.8 Å². The van der Waals surface area contributed by atoms with Crippen molar-refractivity contribution in [2.75, 3.05) is 0 Å². The number of halogens is 1. The number of nitrogens with two attached hydrogens (primary N) is 1. The highest BCUT2D eigenvalue weighted by Gasteiger charge is 2.15. The molecule has 1 atom stereocenters. The maximum absolute atomic E-state index is 11.0. The summed E-state index contributed by atoms with van der Waals surface area (Å²) in [5, 5.41) is 0.959. The summed E-state index contributed by atoms with van der Waals surface area (Å²) in [5.74, 6) is -0.677. The fourth-order valence-corrected chi connectivity index (χ4v) is 1.82. The minimum atomic E-state index is -0.349. The third-order valence-corrected chi connectivity index (χ3v) is 3.08. The maximum atomic E-state index is 11.0. The SMILES string of the molecule is CC(C(N)=O)c1cc2c(Br)ccnc2[nH]1. The molecule has 0 saturated heterocycles. The van der Waals surface area contributed by atoms with E-state index < -0.39 is 0 Å². The number of amides is 1. The van der Waals surface area contributed by atoms with Gasteiger partial charge >= 0.3 is 0 Å². The lowest BCUT2D eigenvalue weighted by Gasteiger charge is -2.02. The average Bonchev–Trinajstić information content (AvgIpc) is 2.61. The molecule has 1 amide bonds. The number of primary amides is 1.